The van der Waals surface area contributed by atoms with Gasteiger partial charge in [-0.25, -0.2) is 13.1 Å². The molecule has 21 heavy (non-hydrogen) atoms. The molecule has 3 nitrogen and oxygen atoms in total. The minimum Gasteiger partial charge on any atom is -0.211 e. The van der Waals surface area contributed by atoms with Crippen molar-refractivity contribution in [1.29, 1.82) is 0 Å². The van der Waals surface area contributed by atoms with Crippen molar-refractivity contribution in [3.05, 3.63) is 29.8 Å². The summed E-state index contributed by atoms with van der Waals surface area (Å²) in [6.07, 6.45) is -4.00. The fourth-order valence-electron chi connectivity index (χ4n) is 1.56. The first-order valence-corrected chi connectivity index (χ1v) is 8.23. The molecular weight excluding hydrogens is 327 g/mol. The average molecular weight is 344 g/mol. The van der Waals surface area contributed by atoms with E-state index in [1.54, 1.807) is 0 Å². The van der Waals surface area contributed by atoms with E-state index >= 15 is 0 Å². The Morgan fingerprint density at radius 2 is 1.86 bits per heavy atom. The third kappa shape index (κ3) is 5.48. The van der Waals surface area contributed by atoms with Crippen molar-refractivity contribution >= 4 is 21.6 Å². The number of halogens is 4. The molecule has 0 saturated carbocycles. The van der Waals surface area contributed by atoms with E-state index in [4.69, 9.17) is 11.6 Å². The minimum absolute atomic E-state index is 0.0955. The van der Waals surface area contributed by atoms with Gasteiger partial charge in [-0.1, -0.05) is 19.9 Å². The van der Waals surface area contributed by atoms with Crippen LogP contribution in [0.4, 0.5) is 13.2 Å². The Morgan fingerprint density at radius 1 is 1.24 bits per heavy atom. The maximum atomic E-state index is 12.6. The predicted molar refractivity (Wildman–Crippen MR) is 75.8 cm³/mol. The van der Waals surface area contributed by atoms with Gasteiger partial charge >= 0.3 is 6.18 Å². The number of nitrogens with one attached hydrogen (secondary N) is 1. The van der Waals surface area contributed by atoms with Crippen molar-refractivity contribution in [3.63, 3.8) is 0 Å². The summed E-state index contributed by atoms with van der Waals surface area (Å²) < 4.78 is 64.2. The van der Waals surface area contributed by atoms with Crippen molar-refractivity contribution in [1.82, 2.24) is 4.72 Å². The molecule has 120 valence electrons. The lowest BCUT2D eigenvalue weighted by atomic mass is 9.91. The van der Waals surface area contributed by atoms with Crippen LogP contribution in [-0.4, -0.2) is 20.8 Å². The largest absolute Gasteiger partial charge is 0.416 e. The molecule has 0 saturated heterocycles. The molecule has 8 heteroatoms. The SMILES string of the molecule is CC(C)(CCCl)CNS(=O)(=O)c1cccc(C(F)(F)F)c1. The fraction of sp³-hybridized carbons (Fsp3) is 0.538. The van der Waals surface area contributed by atoms with E-state index in [1.165, 1.54) is 0 Å². The lowest BCUT2D eigenvalue weighted by molar-refractivity contribution is -0.137. The molecule has 1 aromatic carbocycles. The van der Waals surface area contributed by atoms with Crippen LogP contribution in [0.2, 0.25) is 0 Å². The summed E-state index contributed by atoms with van der Waals surface area (Å²) in [6, 6.07) is 3.65. The summed E-state index contributed by atoms with van der Waals surface area (Å²) in [5, 5.41) is 0. The summed E-state index contributed by atoms with van der Waals surface area (Å²) in [5.74, 6) is 0.373. The van der Waals surface area contributed by atoms with E-state index in [0.29, 0.717) is 18.4 Å². The molecule has 0 radical (unpaired) electrons. The van der Waals surface area contributed by atoms with Gasteiger partial charge in [0.2, 0.25) is 10.0 Å². The first-order valence-electron chi connectivity index (χ1n) is 6.21. The molecule has 0 atom stereocenters. The molecule has 1 aromatic rings. The van der Waals surface area contributed by atoms with Crippen LogP contribution in [-0.2, 0) is 16.2 Å². The van der Waals surface area contributed by atoms with Gasteiger partial charge in [-0.2, -0.15) is 13.2 Å². The van der Waals surface area contributed by atoms with Crippen LogP contribution in [0.1, 0.15) is 25.8 Å². The van der Waals surface area contributed by atoms with Crippen LogP contribution in [0.25, 0.3) is 0 Å². The Hall–Kier alpha value is -0.790. The number of hydrogen-bond donors (Lipinski definition) is 1. The third-order valence-electron chi connectivity index (χ3n) is 2.98. The van der Waals surface area contributed by atoms with Crippen molar-refractivity contribution in [3.8, 4) is 0 Å². The van der Waals surface area contributed by atoms with Crippen LogP contribution in [0.15, 0.2) is 29.2 Å². The first kappa shape index (κ1) is 18.3. The monoisotopic (exact) mass is 343 g/mol. The number of sulfonamides is 1. The quantitative estimate of drug-likeness (QED) is 0.802. The van der Waals surface area contributed by atoms with Gasteiger partial charge in [0.15, 0.2) is 0 Å². The van der Waals surface area contributed by atoms with Crippen LogP contribution in [0.5, 0.6) is 0 Å². The summed E-state index contributed by atoms with van der Waals surface area (Å²) >= 11 is 5.62. The molecule has 0 spiro atoms. The summed E-state index contributed by atoms with van der Waals surface area (Å²) in [7, 11) is -3.99. The summed E-state index contributed by atoms with van der Waals surface area (Å²) in [5.41, 5.74) is -1.37. The highest BCUT2D eigenvalue weighted by Crippen LogP contribution is 2.30. The topological polar surface area (TPSA) is 46.2 Å². The minimum atomic E-state index is -4.58. The third-order valence-corrected chi connectivity index (χ3v) is 4.57. The Kier molecular flexibility index (Phi) is 5.69. The van der Waals surface area contributed by atoms with Gasteiger partial charge in [0.1, 0.15) is 0 Å². The first-order chi connectivity index (χ1) is 9.48. The van der Waals surface area contributed by atoms with E-state index in [2.05, 4.69) is 4.72 Å². The maximum Gasteiger partial charge on any atom is 0.416 e. The zero-order valence-corrected chi connectivity index (χ0v) is 13.2. The second kappa shape index (κ2) is 6.54. The second-order valence-corrected chi connectivity index (χ2v) is 7.60. The summed E-state index contributed by atoms with van der Waals surface area (Å²) in [6.45, 7) is 3.74. The standard InChI is InChI=1S/C13H17ClF3NO2S/c1-12(2,6-7-14)9-18-21(19,20)11-5-3-4-10(8-11)13(15,16)17/h3-5,8,18H,6-7,9H2,1-2H3. The van der Waals surface area contributed by atoms with Gasteiger partial charge in [0, 0.05) is 12.4 Å². The fourth-order valence-corrected chi connectivity index (χ4v) is 3.36. The Bertz CT molecular complexity index is 585. The average Bonchev–Trinajstić information content (AvgIpc) is 2.36. The van der Waals surface area contributed by atoms with E-state index in [9.17, 15) is 21.6 Å². The zero-order chi connectivity index (χ0) is 16.3. The number of alkyl halides is 4. The Morgan fingerprint density at radius 3 is 2.38 bits per heavy atom. The highest BCUT2D eigenvalue weighted by Gasteiger charge is 2.32. The van der Waals surface area contributed by atoms with Crippen LogP contribution in [0, 0.1) is 5.41 Å². The second-order valence-electron chi connectivity index (χ2n) is 5.45. The Labute approximate surface area is 127 Å². The molecule has 0 aromatic heterocycles. The Balaban J connectivity index is 2.94. The molecule has 1 N–H and O–H groups in total. The van der Waals surface area contributed by atoms with E-state index in [1.807, 2.05) is 13.8 Å². The van der Waals surface area contributed by atoms with Gasteiger partial charge < -0.3 is 0 Å². The highest BCUT2D eigenvalue weighted by atomic mass is 35.5. The predicted octanol–water partition coefficient (Wildman–Crippen LogP) is 3.64. The van der Waals surface area contributed by atoms with Crippen LogP contribution in [0.3, 0.4) is 0 Å². The maximum absolute atomic E-state index is 12.6. The van der Waals surface area contributed by atoms with Crippen molar-refractivity contribution in [2.24, 2.45) is 5.41 Å². The van der Waals surface area contributed by atoms with Gasteiger partial charge in [-0.15, -0.1) is 11.6 Å². The van der Waals surface area contributed by atoms with Gasteiger partial charge in [0.25, 0.3) is 0 Å². The zero-order valence-electron chi connectivity index (χ0n) is 11.7. The molecule has 0 bridgehead atoms. The van der Waals surface area contributed by atoms with Gasteiger partial charge in [-0.05, 0) is 30.0 Å². The molecule has 0 aliphatic heterocycles. The van der Waals surface area contributed by atoms with E-state index in [-0.39, 0.29) is 12.0 Å². The number of benzene rings is 1. The van der Waals surface area contributed by atoms with E-state index < -0.39 is 26.7 Å². The molecule has 0 fully saturated rings. The number of hydrogen-bond acceptors (Lipinski definition) is 2. The van der Waals surface area contributed by atoms with Crippen molar-refractivity contribution in [2.45, 2.75) is 31.3 Å². The smallest absolute Gasteiger partial charge is 0.211 e. The number of rotatable bonds is 6. The molecule has 0 unspecified atom stereocenters. The molecular formula is C13H17ClF3NO2S. The van der Waals surface area contributed by atoms with Crippen molar-refractivity contribution in [2.75, 3.05) is 12.4 Å². The highest BCUT2D eigenvalue weighted by molar-refractivity contribution is 7.89. The van der Waals surface area contributed by atoms with Crippen molar-refractivity contribution < 1.29 is 21.6 Å². The normalized spacial score (nSPS) is 13.4. The summed E-state index contributed by atoms with van der Waals surface area (Å²) in [4.78, 5) is -0.404. The van der Waals surface area contributed by atoms with Crippen LogP contribution >= 0.6 is 11.6 Å². The lowest BCUT2D eigenvalue weighted by Crippen LogP contribution is -2.34. The van der Waals surface area contributed by atoms with Gasteiger partial charge in [-0.3, -0.25) is 0 Å². The molecule has 0 amide bonds. The lowest BCUT2D eigenvalue weighted by Gasteiger charge is -2.23. The van der Waals surface area contributed by atoms with Crippen LogP contribution < -0.4 is 4.72 Å². The molecule has 0 aliphatic carbocycles. The molecule has 0 aliphatic rings. The van der Waals surface area contributed by atoms with E-state index in [0.717, 1.165) is 18.2 Å². The van der Waals surface area contributed by atoms with Gasteiger partial charge in [0.05, 0.1) is 10.5 Å². The molecule has 0 heterocycles. The molecule has 1 rings (SSSR count).